The maximum Gasteiger partial charge on any atom is 0.232 e. The predicted octanol–water partition coefficient (Wildman–Crippen LogP) is 2.89. The molecule has 0 saturated carbocycles. The first kappa shape index (κ1) is 16.3. The third-order valence-corrected chi connectivity index (χ3v) is 5.07. The molecule has 1 heterocycles. The fraction of sp³-hybridized carbons (Fsp3) is 0.250. The Balaban J connectivity index is 1.71. The lowest BCUT2D eigenvalue weighted by molar-refractivity contribution is 0.602. The second-order valence-corrected chi connectivity index (χ2v) is 7.53. The number of hydrogen-bond acceptors (Lipinski definition) is 5. The normalized spacial score (nSPS) is 12.9. The summed E-state index contributed by atoms with van der Waals surface area (Å²) in [6, 6.07) is 13.2. The average molecular weight is 345 g/mol. The van der Waals surface area contributed by atoms with Gasteiger partial charge in [0.05, 0.1) is 5.75 Å². The van der Waals surface area contributed by atoms with Crippen molar-refractivity contribution in [2.24, 2.45) is 0 Å². The summed E-state index contributed by atoms with van der Waals surface area (Å²) in [5.41, 5.74) is 4.18. The number of sulfonamides is 1. The minimum atomic E-state index is -3.25. The van der Waals surface area contributed by atoms with Crippen LogP contribution in [0, 0.1) is 0 Å². The van der Waals surface area contributed by atoms with Gasteiger partial charge in [0.1, 0.15) is 11.0 Å². The van der Waals surface area contributed by atoms with Crippen molar-refractivity contribution in [2.45, 2.75) is 19.9 Å². The lowest BCUT2D eigenvalue weighted by Gasteiger charge is -2.16. The van der Waals surface area contributed by atoms with Crippen molar-refractivity contribution < 1.29 is 8.42 Å². The van der Waals surface area contributed by atoms with Gasteiger partial charge < -0.3 is 5.32 Å². The van der Waals surface area contributed by atoms with Crippen molar-refractivity contribution in [1.29, 1.82) is 0 Å². The van der Waals surface area contributed by atoms with Crippen molar-refractivity contribution in [1.82, 2.24) is 15.4 Å². The zero-order chi connectivity index (χ0) is 17.2. The summed E-state index contributed by atoms with van der Waals surface area (Å²) in [7, 11) is -3.25. The molecule has 1 atom stereocenters. The van der Waals surface area contributed by atoms with E-state index in [-0.39, 0.29) is 11.8 Å². The Morgan fingerprint density at radius 3 is 2.42 bits per heavy atom. The molecule has 3 N–H and O–H groups in total. The van der Waals surface area contributed by atoms with Crippen LogP contribution in [-0.4, -0.2) is 29.6 Å². The minimum Gasteiger partial charge on any atom is -0.378 e. The second kappa shape index (κ2) is 6.48. The number of aromatic nitrogens is 3. The summed E-state index contributed by atoms with van der Waals surface area (Å²) in [6.07, 6.45) is 0. The Morgan fingerprint density at radius 2 is 1.71 bits per heavy atom. The largest absolute Gasteiger partial charge is 0.378 e. The molecule has 0 aliphatic carbocycles. The molecule has 0 fully saturated rings. The summed E-state index contributed by atoms with van der Waals surface area (Å²) < 4.78 is 25.7. The zero-order valence-electron chi connectivity index (χ0n) is 13.4. The fourth-order valence-electron chi connectivity index (χ4n) is 2.35. The van der Waals surface area contributed by atoms with Crippen molar-refractivity contribution in [3.05, 3.63) is 48.0 Å². The highest BCUT2D eigenvalue weighted by molar-refractivity contribution is 7.92. The summed E-state index contributed by atoms with van der Waals surface area (Å²) >= 11 is 0. The molecule has 1 aromatic heterocycles. The van der Waals surface area contributed by atoms with Gasteiger partial charge in [0.25, 0.3) is 0 Å². The third kappa shape index (κ3) is 3.65. The van der Waals surface area contributed by atoms with E-state index in [1.807, 2.05) is 37.3 Å². The molecule has 0 aliphatic heterocycles. The van der Waals surface area contributed by atoms with Crippen LogP contribution in [0.25, 0.3) is 11.0 Å². The van der Waals surface area contributed by atoms with E-state index in [2.05, 4.69) is 25.4 Å². The van der Waals surface area contributed by atoms with Crippen LogP contribution in [0.3, 0.4) is 0 Å². The van der Waals surface area contributed by atoms with E-state index in [4.69, 9.17) is 0 Å². The van der Waals surface area contributed by atoms with Crippen LogP contribution in [-0.2, 0) is 10.0 Å². The van der Waals surface area contributed by atoms with Gasteiger partial charge in [-0.3, -0.25) is 4.72 Å². The van der Waals surface area contributed by atoms with E-state index < -0.39 is 10.0 Å². The van der Waals surface area contributed by atoms with Crippen LogP contribution in [0.2, 0.25) is 0 Å². The molecule has 0 saturated heterocycles. The molecular weight excluding hydrogens is 326 g/mol. The molecular formula is C16H19N5O2S. The van der Waals surface area contributed by atoms with E-state index in [0.29, 0.717) is 5.69 Å². The molecule has 24 heavy (non-hydrogen) atoms. The van der Waals surface area contributed by atoms with E-state index in [9.17, 15) is 8.42 Å². The molecule has 3 rings (SSSR count). The predicted molar refractivity (Wildman–Crippen MR) is 95.5 cm³/mol. The van der Waals surface area contributed by atoms with Crippen LogP contribution in [0.1, 0.15) is 25.5 Å². The summed E-state index contributed by atoms with van der Waals surface area (Å²) in [5, 5.41) is 14.1. The first-order valence-electron chi connectivity index (χ1n) is 7.64. The lowest BCUT2D eigenvalue weighted by Crippen LogP contribution is -2.14. The Labute approximate surface area is 140 Å². The number of hydrogen-bond donors (Lipinski definition) is 3. The number of fused-ring (bicyclic) bond motifs is 1. The number of H-pyrrole nitrogens is 1. The van der Waals surface area contributed by atoms with Crippen LogP contribution >= 0.6 is 0 Å². The van der Waals surface area contributed by atoms with Gasteiger partial charge in [-0.1, -0.05) is 12.1 Å². The fourth-order valence-corrected chi connectivity index (χ4v) is 2.99. The Kier molecular flexibility index (Phi) is 4.39. The Bertz CT molecular complexity index is 935. The molecule has 0 spiro atoms. The SMILES string of the molecule is CCS(=O)(=O)Nc1ccc(C(C)Nc2ccc3n[nH]nc3c2)cc1. The molecule has 0 aliphatic rings. The zero-order valence-corrected chi connectivity index (χ0v) is 14.3. The molecule has 0 amide bonds. The van der Waals surface area contributed by atoms with Gasteiger partial charge in [0.2, 0.25) is 10.0 Å². The van der Waals surface area contributed by atoms with Crippen molar-refractivity contribution in [2.75, 3.05) is 15.8 Å². The van der Waals surface area contributed by atoms with E-state index in [1.165, 1.54) is 0 Å². The number of anilines is 2. The van der Waals surface area contributed by atoms with Gasteiger partial charge in [-0.25, -0.2) is 8.42 Å². The van der Waals surface area contributed by atoms with Crippen molar-refractivity contribution in [3.8, 4) is 0 Å². The molecule has 126 valence electrons. The van der Waals surface area contributed by atoms with Crippen molar-refractivity contribution in [3.63, 3.8) is 0 Å². The topological polar surface area (TPSA) is 99.8 Å². The first-order chi connectivity index (χ1) is 11.5. The molecule has 8 heteroatoms. The summed E-state index contributed by atoms with van der Waals surface area (Å²) in [6.45, 7) is 3.65. The maximum absolute atomic E-state index is 11.6. The second-order valence-electron chi connectivity index (χ2n) is 5.52. The number of nitrogens with zero attached hydrogens (tertiary/aromatic N) is 2. The highest BCUT2D eigenvalue weighted by Crippen LogP contribution is 2.23. The number of aromatic amines is 1. The van der Waals surface area contributed by atoms with Gasteiger partial charge in [-0.05, 0) is 49.7 Å². The van der Waals surface area contributed by atoms with Gasteiger partial charge in [-0.2, -0.15) is 15.4 Å². The number of nitrogens with one attached hydrogen (secondary N) is 3. The van der Waals surface area contributed by atoms with Crippen LogP contribution in [0.4, 0.5) is 11.4 Å². The van der Waals surface area contributed by atoms with Gasteiger partial charge in [-0.15, -0.1) is 0 Å². The molecule has 3 aromatic rings. The Hall–Kier alpha value is -2.61. The molecule has 2 aromatic carbocycles. The van der Waals surface area contributed by atoms with Gasteiger partial charge in [0.15, 0.2) is 0 Å². The van der Waals surface area contributed by atoms with E-state index >= 15 is 0 Å². The van der Waals surface area contributed by atoms with Crippen LogP contribution in [0.15, 0.2) is 42.5 Å². The van der Waals surface area contributed by atoms with Gasteiger partial charge >= 0.3 is 0 Å². The van der Waals surface area contributed by atoms with E-state index in [0.717, 1.165) is 22.3 Å². The van der Waals surface area contributed by atoms with Crippen LogP contribution in [0.5, 0.6) is 0 Å². The van der Waals surface area contributed by atoms with E-state index in [1.54, 1.807) is 19.1 Å². The quantitative estimate of drug-likeness (QED) is 0.638. The monoisotopic (exact) mass is 345 g/mol. The first-order valence-corrected chi connectivity index (χ1v) is 9.29. The summed E-state index contributed by atoms with van der Waals surface area (Å²) in [5.74, 6) is 0.0528. The standard InChI is InChI=1S/C16H19N5O2S/c1-3-24(22,23)20-13-6-4-12(5-7-13)11(2)17-14-8-9-15-16(10-14)19-21-18-15/h4-11,17,20H,3H2,1-2H3,(H,18,19,21). The molecule has 7 nitrogen and oxygen atoms in total. The highest BCUT2D eigenvalue weighted by Gasteiger charge is 2.09. The summed E-state index contributed by atoms with van der Waals surface area (Å²) in [4.78, 5) is 0. The third-order valence-electron chi connectivity index (χ3n) is 3.76. The van der Waals surface area contributed by atoms with Crippen LogP contribution < -0.4 is 10.0 Å². The smallest absolute Gasteiger partial charge is 0.232 e. The number of rotatable bonds is 6. The Morgan fingerprint density at radius 1 is 1.04 bits per heavy atom. The molecule has 0 bridgehead atoms. The number of benzene rings is 2. The van der Waals surface area contributed by atoms with Gasteiger partial charge in [0, 0.05) is 17.4 Å². The minimum absolute atomic E-state index is 0.0528. The lowest BCUT2D eigenvalue weighted by atomic mass is 10.1. The maximum atomic E-state index is 11.6. The highest BCUT2D eigenvalue weighted by atomic mass is 32.2. The molecule has 0 radical (unpaired) electrons. The van der Waals surface area contributed by atoms with Crippen molar-refractivity contribution >= 4 is 32.4 Å². The molecule has 1 unspecified atom stereocenters. The average Bonchev–Trinajstić information content (AvgIpc) is 3.03.